The smallest absolute Gasteiger partial charge is 0.335 e. The van der Waals surface area contributed by atoms with Gasteiger partial charge in [-0.25, -0.2) is 0 Å². The summed E-state index contributed by atoms with van der Waals surface area (Å²) in [5.41, 5.74) is 0. The Hall–Kier alpha value is -1.18. The summed E-state index contributed by atoms with van der Waals surface area (Å²) in [7, 11) is 0. The van der Waals surface area contributed by atoms with Crippen molar-refractivity contribution in [1.29, 1.82) is 0 Å². The van der Waals surface area contributed by atoms with Crippen molar-refractivity contribution in [3.8, 4) is 12.3 Å². The van der Waals surface area contributed by atoms with E-state index in [9.17, 15) is 18.0 Å². The van der Waals surface area contributed by atoms with E-state index in [4.69, 9.17) is 6.42 Å². The molecule has 0 heterocycles. The fraction of sp³-hybridized carbons (Fsp3) is 0.571. The Morgan fingerprint density at radius 3 is 2.42 bits per heavy atom. The molecule has 12 heavy (non-hydrogen) atoms. The molecule has 0 aliphatic rings. The van der Waals surface area contributed by atoms with Crippen LogP contribution in [0.5, 0.6) is 0 Å². The molecule has 0 aromatic heterocycles. The van der Waals surface area contributed by atoms with Crippen LogP contribution in [0.4, 0.5) is 13.2 Å². The molecule has 5 heteroatoms. The van der Waals surface area contributed by atoms with Crippen LogP contribution < -0.4 is 5.32 Å². The van der Waals surface area contributed by atoms with Gasteiger partial charge in [-0.1, -0.05) is 12.8 Å². The zero-order valence-electron chi connectivity index (χ0n) is 6.40. The zero-order chi connectivity index (χ0) is 9.78. The van der Waals surface area contributed by atoms with Gasteiger partial charge in [-0.05, 0) is 6.42 Å². The molecule has 0 saturated carbocycles. The lowest BCUT2D eigenvalue weighted by molar-refractivity contribution is -0.174. The van der Waals surface area contributed by atoms with Crippen LogP contribution in [-0.4, -0.2) is 18.1 Å². The average molecular weight is 179 g/mol. The van der Waals surface area contributed by atoms with Gasteiger partial charge in [0.25, 0.3) is 0 Å². The van der Waals surface area contributed by atoms with E-state index in [1.165, 1.54) is 0 Å². The first-order chi connectivity index (χ1) is 5.41. The molecular formula is C7H8F3NO. The van der Waals surface area contributed by atoms with Crippen LogP contribution in [-0.2, 0) is 4.79 Å². The molecule has 0 radical (unpaired) electrons. The van der Waals surface area contributed by atoms with E-state index in [2.05, 4.69) is 0 Å². The summed E-state index contributed by atoms with van der Waals surface area (Å²) in [5, 5.41) is 1.66. The first-order valence-electron chi connectivity index (χ1n) is 3.25. The highest BCUT2D eigenvalue weighted by Crippen LogP contribution is 2.14. The Morgan fingerprint density at radius 2 is 2.17 bits per heavy atom. The molecule has 0 fully saturated rings. The normalized spacial score (nSPS) is 13.2. The number of halogens is 3. The van der Waals surface area contributed by atoms with E-state index >= 15 is 0 Å². The number of amides is 1. The maximum atomic E-state index is 11.6. The van der Waals surface area contributed by atoms with Crippen LogP contribution in [0.25, 0.3) is 0 Å². The maximum Gasteiger partial charge on any atom is 0.471 e. The van der Waals surface area contributed by atoms with Gasteiger partial charge >= 0.3 is 12.1 Å². The molecule has 0 aliphatic heterocycles. The largest absolute Gasteiger partial charge is 0.471 e. The van der Waals surface area contributed by atoms with Gasteiger partial charge in [-0.15, -0.1) is 6.42 Å². The number of nitrogens with one attached hydrogen (secondary N) is 1. The van der Waals surface area contributed by atoms with Crippen molar-refractivity contribution in [2.24, 2.45) is 0 Å². The first kappa shape index (κ1) is 10.8. The van der Waals surface area contributed by atoms with Crippen molar-refractivity contribution in [2.45, 2.75) is 25.6 Å². The predicted octanol–water partition coefficient (Wildman–Crippen LogP) is 1.08. The molecule has 0 saturated heterocycles. The van der Waals surface area contributed by atoms with Crippen molar-refractivity contribution in [3.05, 3.63) is 0 Å². The number of carbonyl (C=O) groups is 1. The van der Waals surface area contributed by atoms with Crippen molar-refractivity contribution in [2.75, 3.05) is 0 Å². The second-order valence-electron chi connectivity index (χ2n) is 2.10. The molecular weight excluding hydrogens is 171 g/mol. The first-order valence-corrected chi connectivity index (χ1v) is 3.25. The Bertz CT molecular complexity index is 204. The highest BCUT2D eigenvalue weighted by atomic mass is 19.4. The Morgan fingerprint density at radius 1 is 1.67 bits per heavy atom. The summed E-state index contributed by atoms with van der Waals surface area (Å²) in [6, 6.07) is -0.848. The van der Waals surface area contributed by atoms with Crippen LogP contribution in [0.1, 0.15) is 13.3 Å². The van der Waals surface area contributed by atoms with Crippen LogP contribution in [0.2, 0.25) is 0 Å². The van der Waals surface area contributed by atoms with Crippen molar-refractivity contribution in [3.63, 3.8) is 0 Å². The summed E-state index contributed by atoms with van der Waals surface area (Å²) in [6.45, 7) is 1.58. The van der Waals surface area contributed by atoms with Gasteiger partial charge in [0.05, 0.1) is 6.04 Å². The van der Waals surface area contributed by atoms with Crippen LogP contribution in [0, 0.1) is 12.3 Å². The lowest BCUT2D eigenvalue weighted by Gasteiger charge is -2.11. The van der Waals surface area contributed by atoms with Crippen molar-refractivity contribution in [1.82, 2.24) is 5.32 Å². The topological polar surface area (TPSA) is 29.1 Å². The van der Waals surface area contributed by atoms with Gasteiger partial charge in [0.15, 0.2) is 0 Å². The van der Waals surface area contributed by atoms with Gasteiger partial charge in [-0.3, -0.25) is 4.79 Å². The standard InChI is InChI=1S/C7H8F3NO/c1-3-5(4-2)11-6(12)7(8,9)10/h1,5H,4H2,2H3,(H,11,12). The quantitative estimate of drug-likeness (QED) is 0.631. The third-order valence-electron chi connectivity index (χ3n) is 1.17. The highest BCUT2D eigenvalue weighted by molar-refractivity contribution is 5.82. The number of rotatable bonds is 2. The number of hydrogen-bond donors (Lipinski definition) is 1. The lowest BCUT2D eigenvalue weighted by atomic mass is 10.2. The molecule has 0 aromatic rings. The summed E-state index contributed by atoms with van der Waals surface area (Å²) in [6.07, 6.45) is 0.262. The Balaban J connectivity index is 4.11. The zero-order valence-corrected chi connectivity index (χ0v) is 6.40. The fourth-order valence-electron chi connectivity index (χ4n) is 0.502. The van der Waals surface area contributed by atoms with Gasteiger partial charge in [0.2, 0.25) is 0 Å². The van der Waals surface area contributed by atoms with E-state index in [-0.39, 0.29) is 6.42 Å². The lowest BCUT2D eigenvalue weighted by Crippen LogP contribution is -2.42. The molecule has 0 aromatic carbocycles. The minimum Gasteiger partial charge on any atom is -0.335 e. The van der Waals surface area contributed by atoms with Gasteiger partial charge < -0.3 is 5.32 Å². The second-order valence-corrected chi connectivity index (χ2v) is 2.10. The molecule has 0 aliphatic carbocycles. The molecule has 68 valence electrons. The predicted molar refractivity (Wildman–Crippen MR) is 37.1 cm³/mol. The molecule has 0 bridgehead atoms. The summed E-state index contributed by atoms with van der Waals surface area (Å²) in [5.74, 6) is 0.0295. The molecule has 1 unspecified atom stereocenters. The van der Waals surface area contributed by atoms with Crippen LogP contribution in [0.3, 0.4) is 0 Å². The van der Waals surface area contributed by atoms with Gasteiger partial charge in [-0.2, -0.15) is 13.2 Å². The fourth-order valence-corrected chi connectivity index (χ4v) is 0.502. The second kappa shape index (κ2) is 4.00. The van der Waals surface area contributed by atoms with Gasteiger partial charge in [0, 0.05) is 0 Å². The maximum absolute atomic E-state index is 11.6. The monoisotopic (exact) mass is 179 g/mol. The molecule has 2 nitrogen and oxygen atoms in total. The van der Waals surface area contributed by atoms with Crippen molar-refractivity contribution < 1.29 is 18.0 Å². The number of terminal acetylenes is 1. The highest BCUT2D eigenvalue weighted by Gasteiger charge is 2.39. The van der Waals surface area contributed by atoms with Gasteiger partial charge in [0.1, 0.15) is 0 Å². The molecule has 1 amide bonds. The molecule has 1 N–H and O–H groups in total. The van der Waals surface area contributed by atoms with Crippen LogP contribution >= 0.6 is 0 Å². The van der Waals surface area contributed by atoms with E-state index in [1.807, 2.05) is 5.92 Å². The molecule has 0 spiro atoms. The summed E-state index contributed by atoms with van der Waals surface area (Å²) < 4.78 is 34.8. The summed E-state index contributed by atoms with van der Waals surface area (Å²) in [4.78, 5) is 10.3. The Labute approximate surface area is 68.1 Å². The minimum atomic E-state index is -4.86. The number of alkyl halides is 3. The van der Waals surface area contributed by atoms with Crippen LogP contribution in [0.15, 0.2) is 0 Å². The van der Waals surface area contributed by atoms with E-state index in [1.54, 1.807) is 12.2 Å². The number of carbonyl (C=O) groups excluding carboxylic acids is 1. The Kier molecular flexibility index (Phi) is 3.61. The van der Waals surface area contributed by atoms with Crippen molar-refractivity contribution >= 4 is 5.91 Å². The third kappa shape index (κ3) is 3.28. The number of hydrogen-bond acceptors (Lipinski definition) is 1. The molecule has 0 rings (SSSR count). The SMILES string of the molecule is C#CC(CC)NC(=O)C(F)(F)F. The summed E-state index contributed by atoms with van der Waals surface area (Å²) >= 11 is 0. The van der Waals surface area contributed by atoms with E-state index in [0.29, 0.717) is 0 Å². The molecule has 1 atom stereocenters. The van der Waals surface area contributed by atoms with E-state index < -0.39 is 18.1 Å². The van der Waals surface area contributed by atoms with E-state index in [0.717, 1.165) is 0 Å². The third-order valence-corrected chi connectivity index (χ3v) is 1.17. The minimum absolute atomic E-state index is 0.276. The average Bonchev–Trinajstić information content (AvgIpc) is 1.97.